The Morgan fingerprint density at radius 2 is 2.11 bits per heavy atom. The summed E-state index contributed by atoms with van der Waals surface area (Å²) in [6, 6.07) is 10.9. The number of aryl methyl sites for hydroxylation is 1. The van der Waals surface area contributed by atoms with E-state index in [1.54, 1.807) is 37.4 Å². The van der Waals surface area contributed by atoms with E-state index >= 15 is 0 Å². The highest BCUT2D eigenvalue weighted by Gasteiger charge is 2.21. The molecule has 3 rings (SSSR count). The Morgan fingerprint density at radius 1 is 1.33 bits per heavy atom. The first-order chi connectivity index (χ1) is 13.0. The van der Waals surface area contributed by atoms with Crippen LogP contribution in [0.5, 0.6) is 0 Å². The van der Waals surface area contributed by atoms with Crippen LogP contribution in [0.25, 0.3) is 16.7 Å². The molecule has 6 nitrogen and oxygen atoms in total. The summed E-state index contributed by atoms with van der Waals surface area (Å²) in [5.41, 5.74) is 1.24. The third-order valence-electron chi connectivity index (χ3n) is 4.01. The highest BCUT2D eigenvalue weighted by molar-refractivity contribution is 8.00. The number of carbonyl (C=O) groups excluding carboxylic acids is 1. The molecule has 0 bridgehead atoms. The zero-order valence-electron chi connectivity index (χ0n) is 15.2. The number of pyridine rings is 1. The summed E-state index contributed by atoms with van der Waals surface area (Å²) in [5.74, 6) is 0.369. The maximum atomic E-state index is 13.2. The second-order valence-corrected chi connectivity index (χ2v) is 7.30. The van der Waals surface area contributed by atoms with Crippen molar-refractivity contribution >= 4 is 28.6 Å². The Morgan fingerprint density at radius 3 is 2.85 bits per heavy atom. The van der Waals surface area contributed by atoms with Crippen LogP contribution in [0.1, 0.15) is 12.5 Å². The highest BCUT2D eigenvalue weighted by Crippen LogP contribution is 2.25. The lowest BCUT2D eigenvalue weighted by Gasteiger charge is -2.16. The van der Waals surface area contributed by atoms with Crippen LogP contribution in [0.3, 0.4) is 0 Å². The standard InChI is InChI=1S/C20H20N4O2S/c1-4-11-22-18(25)14(3)27-20-23-16-10-6-5-9-15(16)19(26)24(20)17-13(2)8-7-12-21-17/h4-10,12,14H,1,11H2,2-3H3,(H,22,25)/t14-/m0/s1. The number of nitrogens with zero attached hydrogens (tertiary/aromatic N) is 3. The van der Waals surface area contributed by atoms with Crippen LogP contribution in [-0.2, 0) is 4.79 Å². The highest BCUT2D eigenvalue weighted by atomic mass is 32.2. The van der Waals surface area contributed by atoms with Crippen LogP contribution >= 0.6 is 11.8 Å². The zero-order valence-corrected chi connectivity index (χ0v) is 16.0. The largest absolute Gasteiger partial charge is 0.352 e. The number of aromatic nitrogens is 3. The molecule has 27 heavy (non-hydrogen) atoms. The minimum Gasteiger partial charge on any atom is -0.352 e. The van der Waals surface area contributed by atoms with Crippen LogP contribution in [0, 0.1) is 6.92 Å². The van der Waals surface area contributed by atoms with Crippen molar-refractivity contribution in [2.75, 3.05) is 6.54 Å². The molecule has 1 atom stereocenters. The Balaban J connectivity index is 2.14. The number of thioether (sulfide) groups is 1. The van der Waals surface area contributed by atoms with Gasteiger partial charge in [0.25, 0.3) is 5.56 Å². The molecule has 1 amide bonds. The average Bonchev–Trinajstić information content (AvgIpc) is 2.67. The smallest absolute Gasteiger partial charge is 0.267 e. The van der Waals surface area contributed by atoms with Crippen LogP contribution in [0.2, 0.25) is 0 Å². The second kappa shape index (κ2) is 8.18. The molecule has 0 saturated carbocycles. The fraction of sp³-hybridized carbons (Fsp3) is 0.200. The molecule has 2 heterocycles. The summed E-state index contributed by atoms with van der Waals surface area (Å²) in [4.78, 5) is 34.5. The topological polar surface area (TPSA) is 76.9 Å². The molecule has 138 valence electrons. The Labute approximate surface area is 161 Å². The van der Waals surface area contributed by atoms with Crippen molar-refractivity contribution in [3.63, 3.8) is 0 Å². The molecule has 1 aromatic carbocycles. The van der Waals surface area contributed by atoms with Crippen LogP contribution in [0.4, 0.5) is 0 Å². The van der Waals surface area contributed by atoms with Crippen molar-refractivity contribution in [1.82, 2.24) is 19.9 Å². The van der Waals surface area contributed by atoms with Crippen molar-refractivity contribution in [1.29, 1.82) is 0 Å². The van der Waals surface area contributed by atoms with Crippen molar-refractivity contribution in [3.05, 3.63) is 71.2 Å². The number of amides is 1. The molecule has 7 heteroatoms. The van der Waals surface area contributed by atoms with Gasteiger partial charge in [-0.15, -0.1) is 6.58 Å². The van der Waals surface area contributed by atoms with Crippen LogP contribution in [0.15, 0.2) is 65.2 Å². The fourth-order valence-electron chi connectivity index (χ4n) is 2.62. The number of hydrogen-bond donors (Lipinski definition) is 1. The van der Waals surface area contributed by atoms with E-state index in [0.29, 0.717) is 28.4 Å². The van der Waals surface area contributed by atoms with Crippen LogP contribution < -0.4 is 10.9 Å². The number of benzene rings is 1. The molecule has 3 aromatic rings. The van der Waals surface area contributed by atoms with Gasteiger partial charge in [-0.25, -0.2) is 14.5 Å². The first-order valence-electron chi connectivity index (χ1n) is 8.52. The summed E-state index contributed by atoms with van der Waals surface area (Å²) >= 11 is 1.23. The number of carbonyl (C=O) groups is 1. The fourth-order valence-corrected chi connectivity index (χ4v) is 3.55. The number of fused-ring (bicyclic) bond motifs is 1. The van der Waals surface area contributed by atoms with Gasteiger partial charge in [-0.2, -0.15) is 0 Å². The maximum absolute atomic E-state index is 13.2. The Hall–Kier alpha value is -2.93. The van der Waals surface area contributed by atoms with Gasteiger partial charge in [0.2, 0.25) is 5.91 Å². The van der Waals surface area contributed by atoms with Gasteiger partial charge in [0.05, 0.1) is 16.2 Å². The molecule has 0 fully saturated rings. The predicted octanol–water partition coefficient (Wildman–Crippen LogP) is 2.87. The van der Waals surface area contributed by atoms with Crippen LogP contribution in [-0.4, -0.2) is 32.2 Å². The van der Waals surface area contributed by atoms with Crippen molar-refractivity contribution in [2.24, 2.45) is 0 Å². The quantitative estimate of drug-likeness (QED) is 0.404. The molecule has 0 radical (unpaired) electrons. The molecule has 0 aliphatic heterocycles. The molecular weight excluding hydrogens is 360 g/mol. The van der Waals surface area contributed by atoms with Gasteiger partial charge in [0, 0.05) is 12.7 Å². The van der Waals surface area contributed by atoms with Gasteiger partial charge >= 0.3 is 0 Å². The van der Waals surface area contributed by atoms with E-state index in [-0.39, 0.29) is 11.5 Å². The van der Waals surface area contributed by atoms with E-state index in [9.17, 15) is 9.59 Å². The minimum absolute atomic E-state index is 0.147. The van der Waals surface area contributed by atoms with Crippen molar-refractivity contribution < 1.29 is 4.79 Å². The summed E-state index contributed by atoms with van der Waals surface area (Å²) in [7, 11) is 0. The first-order valence-corrected chi connectivity index (χ1v) is 9.40. The lowest BCUT2D eigenvalue weighted by atomic mass is 10.2. The predicted molar refractivity (Wildman–Crippen MR) is 108 cm³/mol. The molecule has 2 aromatic heterocycles. The SMILES string of the molecule is C=CCNC(=O)[C@H](C)Sc1nc2ccccc2c(=O)n1-c1ncccc1C. The zero-order chi connectivity index (χ0) is 19.4. The summed E-state index contributed by atoms with van der Waals surface area (Å²) in [6.07, 6.45) is 3.26. The number of rotatable bonds is 6. The number of hydrogen-bond acceptors (Lipinski definition) is 5. The molecule has 0 unspecified atom stereocenters. The molecule has 0 aliphatic rings. The Kier molecular flexibility index (Phi) is 5.71. The first kappa shape index (κ1) is 18.8. The molecule has 0 saturated heterocycles. The lowest BCUT2D eigenvalue weighted by molar-refractivity contribution is -0.120. The van der Waals surface area contributed by atoms with Gasteiger partial charge < -0.3 is 5.32 Å². The average molecular weight is 380 g/mol. The maximum Gasteiger partial charge on any atom is 0.267 e. The summed E-state index contributed by atoms with van der Waals surface area (Å²) in [6.45, 7) is 7.65. The van der Waals surface area contributed by atoms with E-state index in [1.807, 2.05) is 25.1 Å². The normalized spacial score (nSPS) is 11.9. The third-order valence-corrected chi connectivity index (χ3v) is 5.06. The van der Waals surface area contributed by atoms with E-state index in [4.69, 9.17) is 0 Å². The Bertz CT molecular complexity index is 1060. The van der Waals surface area contributed by atoms with Crippen molar-refractivity contribution in [2.45, 2.75) is 24.3 Å². The monoisotopic (exact) mass is 380 g/mol. The number of nitrogens with one attached hydrogen (secondary N) is 1. The van der Waals surface area contributed by atoms with Crippen molar-refractivity contribution in [3.8, 4) is 5.82 Å². The van der Waals surface area contributed by atoms with Gasteiger partial charge in [-0.05, 0) is 37.6 Å². The summed E-state index contributed by atoms with van der Waals surface area (Å²) < 4.78 is 1.49. The van der Waals surface area contributed by atoms with E-state index < -0.39 is 5.25 Å². The molecule has 0 aliphatic carbocycles. The van der Waals surface area contributed by atoms with E-state index in [1.165, 1.54) is 16.3 Å². The lowest BCUT2D eigenvalue weighted by Crippen LogP contribution is -2.32. The third kappa shape index (κ3) is 3.93. The van der Waals surface area contributed by atoms with Gasteiger partial charge in [-0.1, -0.05) is 36.0 Å². The molecular formula is C20H20N4O2S. The van der Waals surface area contributed by atoms with Gasteiger partial charge in [0.1, 0.15) is 5.82 Å². The molecule has 0 spiro atoms. The van der Waals surface area contributed by atoms with Gasteiger partial charge in [-0.3, -0.25) is 9.59 Å². The summed E-state index contributed by atoms with van der Waals surface area (Å²) in [5, 5.41) is 3.27. The number of para-hydroxylation sites is 1. The molecule has 1 N–H and O–H groups in total. The van der Waals surface area contributed by atoms with E-state index in [0.717, 1.165) is 5.56 Å². The van der Waals surface area contributed by atoms with Gasteiger partial charge in [0.15, 0.2) is 5.16 Å². The minimum atomic E-state index is -0.437. The second-order valence-electron chi connectivity index (χ2n) is 5.99. The van der Waals surface area contributed by atoms with E-state index in [2.05, 4.69) is 21.9 Å².